The Bertz CT molecular complexity index is 834. The molecule has 3 nitrogen and oxygen atoms in total. The molecule has 1 N–H and O–H groups in total. The number of fused-ring (bicyclic) bond motifs is 2. The van der Waals surface area contributed by atoms with E-state index in [1.54, 1.807) is 12.1 Å². The number of quaternary nitrogens is 1. The van der Waals surface area contributed by atoms with Gasteiger partial charge in [-0.25, -0.2) is 0 Å². The smallest absolute Gasteiger partial charge is 0.335 e. The number of anilines is 2. The van der Waals surface area contributed by atoms with Crippen LogP contribution in [0, 0.1) is 0 Å². The Hall–Kier alpha value is -1.99. The molecule has 3 rings (SSSR count). The van der Waals surface area contributed by atoms with Crippen LogP contribution in [-0.2, 0) is 11.0 Å². The summed E-state index contributed by atoms with van der Waals surface area (Å²) >= 11 is 1.39. The zero-order valence-corrected chi connectivity index (χ0v) is 16.1. The van der Waals surface area contributed by atoms with Crippen molar-refractivity contribution >= 4 is 29.0 Å². The van der Waals surface area contributed by atoms with Crippen LogP contribution in [0.5, 0.6) is 0 Å². The van der Waals surface area contributed by atoms with E-state index in [9.17, 15) is 18.0 Å². The number of amides is 1. The second-order valence-corrected chi connectivity index (χ2v) is 7.52. The summed E-state index contributed by atoms with van der Waals surface area (Å²) in [5.74, 6) is -0.178. The molecule has 1 aliphatic rings. The van der Waals surface area contributed by atoms with Crippen LogP contribution < -0.4 is 9.80 Å². The highest BCUT2D eigenvalue weighted by Gasteiger charge is 2.34. The Morgan fingerprint density at radius 2 is 1.70 bits per heavy atom. The molecule has 27 heavy (non-hydrogen) atoms. The van der Waals surface area contributed by atoms with Crippen molar-refractivity contribution in [2.45, 2.75) is 36.2 Å². The number of alkyl halides is 3. The van der Waals surface area contributed by atoms with Crippen molar-refractivity contribution in [1.29, 1.82) is 0 Å². The quantitative estimate of drug-likeness (QED) is 0.823. The molecule has 0 saturated heterocycles. The van der Waals surface area contributed by atoms with Crippen LogP contribution in [0.3, 0.4) is 0 Å². The van der Waals surface area contributed by atoms with E-state index in [1.165, 1.54) is 27.6 Å². The fourth-order valence-electron chi connectivity index (χ4n) is 3.20. The lowest BCUT2D eigenvalue weighted by molar-refractivity contribution is -0.895. The summed E-state index contributed by atoms with van der Waals surface area (Å²) in [6, 6.07) is 10.9. The minimum Gasteiger partial charge on any atom is -0.335 e. The lowest BCUT2D eigenvalue weighted by Gasteiger charge is -2.32. The normalized spacial score (nSPS) is 13.5. The average molecular weight is 395 g/mol. The van der Waals surface area contributed by atoms with Gasteiger partial charge in [0.05, 0.1) is 43.0 Å². The number of carbonyl (C=O) groups excluding carboxylic acids is 1. The highest BCUT2D eigenvalue weighted by Crippen LogP contribution is 2.49. The number of nitrogens with one attached hydrogen (secondary N) is 1. The molecule has 0 bridgehead atoms. The van der Waals surface area contributed by atoms with Crippen molar-refractivity contribution in [3.05, 3.63) is 48.0 Å². The van der Waals surface area contributed by atoms with Crippen molar-refractivity contribution in [3.8, 4) is 0 Å². The number of hydrogen-bond donors (Lipinski definition) is 1. The van der Waals surface area contributed by atoms with E-state index < -0.39 is 11.7 Å². The minimum absolute atomic E-state index is 0.178. The molecule has 0 atom stereocenters. The van der Waals surface area contributed by atoms with Crippen molar-refractivity contribution in [2.75, 3.05) is 24.5 Å². The molecule has 7 heteroatoms. The summed E-state index contributed by atoms with van der Waals surface area (Å²) in [5.41, 5.74) is 0.218. The van der Waals surface area contributed by atoms with Gasteiger partial charge in [-0.05, 0) is 44.2 Å². The number of carbonyl (C=O) groups is 1. The summed E-state index contributed by atoms with van der Waals surface area (Å²) in [5, 5.41) is 0. The highest BCUT2D eigenvalue weighted by molar-refractivity contribution is 7.99. The zero-order chi connectivity index (χ0) is 19.6. The van der Waals surface area contributed by atoms with Gasteiger partial charge in [-0.2, -0.15) is 13.2 Å². The molecule has 144 valence electrons. The number of nitrogens with zero attached hydrogens (tertiary/aromatic N) is 1. The Morgan fingerprint density at radius 3 is 2.37 bits per heavy atom. The van der Waals surface area contributed by atoms with Crippen molar-refractivity contribution in [3.63, 3.8) is 0 Å². The highest BCUT2D eigenvalue weighted by atomic mass is 32.2. The van der Waals surface area contributed by atoms with Crippen LogP contribution in [0.2, 0.25) is 0 Å². The molecule has 0 radical (unpaired) electrons. The van der Waals surface area contributed by atoms with E-state index >= 15 is 0 Å². The monoisotopic (exact) mass is 395 g/mol. The molecular formula is C20H22F3N2OS+. The molecule has 1 amide bonds. The van der Waals surface area contributed by atoms with E-state index in [2.05, 4.69) is 13.8 Å². The minimum atomic E-state index is -4.45. The molecule has 0 fully saturated rings. The van der Waals surface area contributed by atoms with Crippen LogP contribution in [-0.4, -0.2) is 25.5 Å². The van der Waals surface area contributed by atoms with Gasteiger partial charge in [-0.15, -0.1) is 0 Å². The van der Waals surface area contributed by atoms with Crippen LogP contribution >= 0.6 is 11.8 Å². The van der Waals surface area contributed by atoms with Gasteiger partial charge in [0.1, 0.15) is 0 Å². The van der Waals surface area contributed by atoms with E-state index in [0.717, 1.165) is 30.1 Å². The molecule has 1 aliphatic heterocycles. The number of hydrogen-bond acceptors (Lipinski definition) is 2. The van der Waals surface area contributed by atoms with Crippen LogP contribution in [0.4, 0.5) is 24.5 Å². The fraction of sp³-hybridized carbons (Fsp3) is 0.350. The first-order valence-electron chi connectivity index (χ1n) is 8.99. The lowest BCUT2D eigenvalue weighted by atomic mass is 10.1. The number of para-hydroxylation sites is 1. The van der Waals surface area contributed by atoms with Gasteiger partial charge in [-0.3, -0.25) is 9.69 Å². The summed E-state index contributed by atoms with van der Waals surface area (Å²) in [4.78, 5) is 17.3. The first kappa shape index (κ1) is 19.8. The summed E-state index contributed by atoms with van der Waals surface area (Å²) in [6.07, 6.45) is -4.16. The molecule has 0 aliphatic carbocycles. The zero-order valence-electron chi connectivity index (χ0n) is 15.3. The average Bonchev–Trinajstić information content (AvgIpc) is 2.65. The van der Waals surface area contributed by atoms with Gasteiger partial charge < -0.3 is 4.90 Å². The Morgan fingerprint density at radius 1 is 1.04 bits per heavy atom. The van der Waals surface area contributed by atoms with Crippen molar-refractivity contribution in [1.82, 2.24) is 0 Å². The van der Waals surface area contributed by atoms with Crippen molar-refractivity contribution in [2.24, 2.45) is 0 Å². The predicted octanol–water partition coefficient (Wildman–Crippen LogP) is 4.15. The van der Waals surface area contributed by atoms with Gasteiger partial charge in [0.15, 0.2) is 0 Å². The Balaban J connectivity index is 2.00. The van der Waals surface area contributed by atoms with Crippen LogP contribution in [0.1, 0.15) is 25.8 Å². The number of halogens is 3. The topological polar surface area (TPSA) is 24.8 Å². The van der Waals surface area contributed by atoms with E-state index in [0.29, 0.717) is 22.8 Å². The fourth-order valence-corrected chi connectivity index (χ4v) is 4.24. The molecule has 1 heterocycles. The van der Waals surface area contributed by atoms with Gasteiger partial charge in [0.25, 0.3) is 0 Å². The van der Waals surface area contributed by atoms with Crippen LogP contribution in [0.15, 0.2) is 52.3 Å². The third-order valence-electron chi connectivity index (χ3n) is 4.80. The maximum Gasteiger partial charge on any atom is 0.416 e. The number of rotatable bonds is 5. The van der Waals surface area contributed by atoms with Gasteiger partial charge in [0, 0.05) is 9.79 Å². The van der Waals surface area contributed by atoms with Gasteiger partial charge in [0.2, 0.25) is 5.91 Å². The molecular weight excluding hydrogens is 373 g/mol. The first-order chi connectivity index (χ1) is 12.8. The molecule has 0 aromatic heterocycles. The lowest BCUT2D eigenvalue weighted by Crippen LogP contribution is -3.11. The van der Waals surface area contributed by atoms with Crippen molar-refractivity contribution < 1.29 is 22.9 Å². The van der Waals surface area contributed by atoms with E-state index in [4.69, 9.17) is 0 Å². The standard InChI is InChI=1S/C20H21F3N2OS/c1-3-24(4-2)12-11-19(26)25-15-7-5-6-8-17(15)27-18-10-9-14(13-16(18)25)20(21,22)23/h5-10,13H,3-4,11-12H2,1-2H3/p+1. The Labute approximate surface area is 161 Å². The second kappa shape index (κ2) is 7.94. The van der Waals surface area contributed by atoms with E-state index in [-0.39, 0.29) is 12.3 Å². The first-order valence-corrected chi connectivity index (χ1v) is 9.81. The third-order valence-corrected chi connectivity index (χ3v) is 5.93. The molecule has 0 spiro atoms. The molecule has 2 aromatic rings. The summed E-state index contributed by atoms with van der Waals surface area (Å²) < 4.78 is 39.6. The largest absolute Gasteiger partial charge is 0.416 e. The maximum absolute atomic E-state index is 13.2. The van der Waals surface area contributed by atoms with Gasteiger partial charge in [-0.1, -0.05) is 23.9 Å². The molecule has 0 saturated carbocycles. The predicted molar refractivity (Wildman–Crippen MR) is 101 cm³/mol. The summed E-state index contributed by atoms with van der Waals surface area (Å²) in [7, 11) is 0. The SMILES string of the molecule is CC[NH+](CC)CCC(=O)N1c2ccccc2Sc2ccc(C(F)(F)F)cc21. The Kier molecular flexibility index (Phi) is 5.81. The van der Waals surface area contributed by atoms with Crippen LogP contribution in [0.25, 0.3) is 0 Å². The number of benzene rings is 2. The molecule has 0 unspecified atom stereocenters. The molecule has 2 aromatic carbocycles. The van der Waals surface area contributed by atoms with Gasteiger partial charge >= 0.3 is 6.18 Å². The maximum atomic E-state index is 13.2. The van der Waals surface area contributed by atoms with E-state index in [1.807, 2.05) is 12.1 Å². The third kappa shape index (κ3) is 4.14. The second-order valence-electron chi connectivity index (χ2n) is 6.44. The summed E-state index contributed by atoms with van der Waals surface area (Å²) in [6.45, 7) is 6.59.